The predicted molar refractivity (Wildman–Crippen MR) is 125 cm³/mol. The minimum absolute atomic E-state index is 0.0779. The number of nitrogens with zero attached hydrogens (tertiary/aromatic N) is 4. The predicted octanol–water partition coefficient (Wildman–Crippen LogP) is 3.09. The Labute approximate surface area is 191 Å². The van der Waals surface area contributed by atoms with Gasteiger partial charge in [-0.1, -0.05) is 18.2 Å². The molecule has 0 spiro atoms. The molecule has 2 aromatic heterocycles. The van der Waals surface area contributed by atoms with E-state index in [0.717, 1.165) is 17.8 Å². The number of benzene rings is 1. The Morgan fingerprint density at radius 2 is 2.06 bits per heavy atom. The van der Waals surface area contributed by atoms with E-state index in [1.54, 1.807) is 16.7 Å². The molecule has 9 heteroatoms. The summed E-state index contributed by atoms with van der Waals surface area (Å²) in [5.74, 6) is 1.56. The van der Waals surface area contributed by atoms with Crippen molar-refractivity contribution in [1.29, 1.82) is 0 Å². The number of anilines is 1. The SMILES string of the molecule is CCOc1ccccc1N1CC(C(=O)NC(CCSC)c2nnc3ccccn23)CC1=O. The van der Waals surface area contributed by atoms with Gasteiger partial charge < -0.3 is 15.0 Å². The van der Waals surface area contributed by atoms with E-state index in [1.807, 2.05) is 66.2 Å². The first-order valence-corrected chi connectivity index (χ1v) is 12.1. The fourth-order valence-electron chi connectivity index (χ4n) is 3.96. The lowest BCUT2D eigenvalue weighted by atomic mass is 10.1. The number of nitrogens with one attached hydrogen (secondary N) is 1. The lowest BCUT2D eigenvalue weighted by molar-refractivity contribution is -0.127. The molecule has 8 nitrogen and oxygen atoms in total. The van der Waals surface area contributed by atoms with Crippen LogP contribution in [-0.4, -0.2) is 51.6 Å². The Morgan fingerprint density at radius 3 is 2.88 bits per heavy atom. The third-order valence-corrected chi connectivity index (χ3v) is 6.17. The molecule has 3 aromatic rings. The summed E-state index contributed by atoms with van der Waals surface area (Å²) in [6.07, 6.45) is 4.82. The Kier molecular flexibility index (Phi) is 6.94. The van der Waals surface area contributed by atoms with Gasteiger partial charge in [0, 0.05) is 19.2 Å². The molecule has 1 N–H and O–H groups in total. The number of amides is 2. The molecule has 2 atom stereocenters. The molecule has 2 unspecified atom stereocenters. The number of fused-ring (bicyclic) bond motifs is 1. The molecule has 32 heavy (non-hydrogen) atoms. The fourth-order valence-corrected chi connectivity index (χ4v) is 4.43. The van der Waals surface area contributed by atoms with Gasteiger partial charge in [-0.25, -0.2) is 0 Å². The number of pyridine rings is 1. The minimum atomic E-state index is -0.437. The van der Waals surface area contributed by atoms with Crippen molar-refractivity contribution in [3.8, 4) is 5.75 Å². The van der Waals surface area contributed by atoms with E-state index in [9.17, 15) is 9.59 Å². The number of rotatable bonds is 9. The summed E-state index contributed by atoms with van der Waals surface area (Å²) < 4.78 is 7.58. The standard InChI is InChI=1S/C23H27N5O3S/c1-3-31-19-9-5-4-8-18(19)28-15-16(14-21(28)29)23(30)24-17(11-13-32-2)22-26-25-20-10-6-7-12-27(20)22/h4-10,12,16-17H,3,11,13-15H2,1-2H3,(H,24,30). The molecule has 0 saturated carbocycles. The second-order valence-electron chi connectivity index (χ2n) is 7.64. The lowest BCUT2D eigenvalue weighted by Gasteiger charge is -2.21. The van der Waals surface area contributed by atoms with E-state index in [1.165, 1.54) is 0 Å². The van der Waals surface area contributed by atoms with Gasteiger partial charge >= 0.3 is 0 Å². The van der Waals surface area contributed by atoms with Crippen molar-refractivity contribution in [2.45, 2.75) is 25.8 Å². The van der Waals surface area contributed by atoms with Crippen LogP contribution in [0, 0.1) is 5.92 Å². The van der Waals surface area contributed by atoms with E-state index in [4.69, 9.17) is 4.74 Å². The van der Waals surface area contributed by atoms with Crippen LogP contribution in [0.3, 0.4) is 0 Å². The van der Waals surface area contributed by atoms with Crippen LogP contribution in [0.1, 0.15) is 31.6 Å². The van der Waals surface area contributed by atoms with E-state index in [-0.39, 0.29) is 24.3 Å². The summed E-state index contributed by atoms with van der Waals surface area (Å²) in [7, 11) is 0. The maximum Gasteiger partial charge on any atom is 0.227 e. The Balaban J connectivity index is 1.51. The first-order valence-electron chi connectivity index (χ1n) is 10.7. The summed E-state index contributed by atoms with van der Waals surface area (Å²) >= 11 is 1.71. The minimum Gasteiger partial charge on any atom is -0.492 e. The number of thioether (sulfide) groups is 1. The van der Waals surface area contributed by atoms with Crippen molar-refractivity contribution in [2.24, 2.45) is 5.92 Å². The molecule has 168 valence electrons. The van der Waals surface area contributed by atoms with Crippen LogP contribution < -0.4 is 15.0 Å². The highest BCUT2D eigenvalue weighted by Crippen LogP contribution is 2.33. The van der Waals surface area contributed by atoms with Crippen molar-refractivity contribution < 1.29 is 14.3 Å². The average Bonchev–Trinajstić information content (AvgIpc) is 3.41. The lowest BCUT2D eigenvalue weighted by Crippen LogP contribution is -2.36. The second-order valence-corrected chi connectivity index (χ2v) is 8.62. The first-order chi connectivity index (χ1) is 15.6. The van der Waals surface area contributed by atoms with Crippen LogP contribution >= 0.6 is 11.8 Å². The van der Waals surface area contributed by atoms with Gasteiger partial charge in [0.1, 0.15) is 5.75 Å². The van der Waals surface area contributed by atoms with Gasteiger partial charge in [0.15, 0.2) is 11.5 Å². The normalized spacial score (nSPS) is 17.0. The maximum absolute atomic E-state index is 13.2. The van der Waals surface area contributed by atoms with E-state index in [2.05, 4.69) is 15.5 Å². The molecule has 1 aromatic carbocycles. The van der Waals surface area contributed by atoms with Gasteiger partial charge in [-0.2, -0.15) is 11.8 Å². The molecular formula is C23H27N5O3S. The van der Waals surface area contributed by atoms with Crippen molar-refractivity contribution in [1.82, 2.24) is 19.9 Å². The fraction of sp³-hybridized carbons (Fsp3) is 0.391. The largest absolute Gasteiger partial charge is 0.492 e. The summed E-state index contributed by atoms with van der Waals surface area (Å²) in [5.41, 5.74) is 1.44. The van der Waals surface area contributed by atoms with Crippen LogP contribution in [0.4, 0.5) is 5.69 Å². The van der Waals surface area contributed by atoms with Crippen LogP contribution in [0.15, 0.2) is 48.7 Å². The summed E-state index contributed by atoms with van der Waals surface area (Å²) in [4.78, 5) is 27.6. The molecule has 1 fully saturated rings. The van der Waals surface area contributed by atoms with E-state index >= 15 is 0 Å². The first kappa shape index (κ1) is 22.1. The molecule has 1 saturated heterocycles. The average molecular weight is 454 g/mol. The molecule has 3 heterocycles. The zero-order valence-electron chi connectivity index (χ0n) is 18.2. The van der Waals surface area contributed by atoms with E-state index < -0.39 is 5.92 Å². The molecule has 2 amide bonds. The van der Waals surface area contributed by atoms with Crippen molar-refractivity contribution in [3.05, 3.63) is 54.5 Å². The maximum atomic E-state index is 13.2. The highest BCUT2D eigenvalue weighted by molar-refractivity contribution is 7.98. The van der Waals surface area contributed by atoms with Gasteiger partial charge in [-0.3, -0.25) is 14.0 Å². The Hall–Kier alpha value is -3.07. The molecule has 4 rings (SSSR count). The van der Waals surface area contributed by atoms with Gasteiger partial charge in [0.2, 0.25) is 11.8 Å². The summed E-state index contributed by atoms with van der Waals surface area (Å²) in [6, 6.07) is 12.9. The highest BCUT2D eigenvalue weighted by atomic mass is 32.2. The highest BCUT2D eigenvalue weighted by Gasteiger charge is 2.37. The molecule has 1 aliphatic heterocycles. The molecule has 0 aliphatic carbocycles. The van der Waals surface area contributed by atoms with Gasteiger partial charge in [0.05, 0.1) is 24.3 Å². The summed E-state index contributed by atoms with van der Waals surface area (Å²) in [5, 5.41) is 11.7. The number of carbonyl (C=O) groups excluding carboxylic acids is 2. The van der Waals surface area contributed by atoms with Crippen LogP contribution in [0.2, 0.25) is 0 Å². The van der Waals surface area contributed by atoms with Gasteiger partial charge in [0.25, 0.3) is 0 Å². The Bertz CT molecular complexity index is 1100. The van der Waals surface area contributed by atoms with Crippen LogP contribution in [0.25, 0.3) is 5.65 Å². The number of carbonyl (C=O) groups is 2. The number of aromatic nitrogens is 3. The number of ether oxygens (including phenoxy) is 1. The van der Waals surface area contributed by atoms with Crippen LogP contribution in [0.5, 0.6) is 5.75 Å². The summed E-state index contributed by atoms with van der Waals surface area (Å²) in [6.45, 7) is 2.73. The molecule has 1 aliphatic rings. The third-order valence-electron chi connectivity index (χ3n) is 5.53. The number of para-hydroxylation sites is 2. The quantitative estimate of drug-likeness (QED) is 0.536. The third kappa shape index (κ3) is 4.57. The number of hydrogen-bond acceptors (Lipinski definition) is 6. The van der Waals surface area contributed by atoms with Gasteiger partial charge in [-0.05, 0) is 49.6 Å². The monoisotopic (exact) mass is 453 g/mol. The Morgan fingerprint density at radius 1 is 1.25 bits per heavy atom. The van der Waals surface area contributed by atoms with E-state index in [0.29, 0.717) is 30.4 Å². The van der Waals surface area contributed by atoms with Crippen molar-refractivity contribution in [2.75, 3.05) is 30.1 Å². The second kappa shape index (κ2) is 10.0. The molecule has 0 radical (unpaired) electrons. The van der Waals surface area contributed by atoms with Crippen LogP contribution in [-0.2, 0) is 9.59 Å². The van der Waals surface area contributed by atoms with Crippen molar-refractivity contribution >= 4 is 34.9 Å². The molecular weight excluding hydrogens is 426 g/mol. The van der Waals surface area contributed by atoms with Gasteiger partial charge in [-0.15, -0.1) is 10.2 Å². The number of hydrogen-bond donors (Lipinski definition) is 1. The van der Waals surface area contributed by atoms with Crippen molar-refractivity contribution in [3.63, 3.8) is 0 Å². The topological polar surface area (TPSA) is 88.8 Å². The zero-order valence-corrected chi connectivity index (χ0v) is 19.0. The zero-order chi connectivity index (χ0) is 22.5. The molecule has 0 bridgehead atoms. The smallest absolute Gasteiger partial charge is 0.227 e.